The van der Waals surface area contributed by atoms with Crippen LogP contribution in [0.1, 0.15) is 46.1 Å². The second kappa shape index (κ2) is 10.8. The molecule has 1 saturated heterocycles. The lowest BCUT2D eigenvalue weighted by molar-refractivity contribution is -0.145. The molecule has 2 aliphatic heterocycles. The normalized spacial score (nSPS) is 18.9. The van der Waals surface area contributed by atoms with E-state index in [0.29, 0.717) is 5.56 Å². The Bertz CT molecular complexity index is 1810. The fraction of sp³-hybridized carbons (Fsp3) is 0.267. The molecule has 44 heavy (non-hydrogen) atoms. The van der Waals surface area contributed by atoms with Crippen molar-refractivity contribution in [3.63, 3.8) is 0 Å². The van der Waals surface area contributed by atoms with Gasteiger partial charge in [-0.15, -0.1) is 0 Å². The molecule has 1 spiro atoms. The van der Waals surface area contributed by atoms with Gasteiger partial charge in [0.25, 0.3) is 0 Å². The molecule has 14 heteroatoms. The fourth-order valence-electron chi connectivity index (χ4n) is 6.03. The van der Waals surface area contributed by atoms with Gasteiger partial charge in [-0.3, -0.25) is 19.6 Å². The standard InChI is InChI=1S/C30H24ClF4N5O4/c31-19-8-9-20-23(24(19)32)29(44-28(43)37-20)11-4-12-39(15-29)27(42)22(13-16-5-2-1-3-6-16)40-21-10-7-17(26(36)41)14-18(21)25(38-40)30(33,34)35/h1-3,5-10,14,22H,4,11-13,15H2,(H2,36,41)(H,37,43)/t22-,29-/m0/s1. The molecule has 3 aromatic carbocycles. The molecule has 0 bridgehead atoms. The summed E-state index contributed by atoms with van der Waals surface area (Å²) in [5.74, 6) is -2.35. The third-order valence-corrected chi connectivity index (χ3v) is 8.25. The molecule has 0 unspecified atom stereocenters. The number of benzene rings is 3. The first-order chi connectivity index (χ1) is 20.9. The van der Waals surface area contributed by atoms with Gasteiger partial charge in [0.05, 0.1) is 28.3 Å². The average Bonchev–Trinajstić information content (AvgIpc) is 3.37. The van der Waals surface area contributed by atoms with Gasteiger partial charge in [-0.05, 0) is 48.7 Å². The van der Waals surface area contributed by atoms with E-state index in [2.05, 4.69) is 10.4 Å². The SMILES string of the molecule is NC(=O)c1ccc2c(c1)c(C(F)(F)F)nn2[C@@H](Cc1ccccc1)C(=O)N1CCC[C@@]2(C1)OC(=O)Nc1ccc(Cl)c(F)c12. The maximum atomic E-state index is 15.4. The Balaban J connectivity index is 1.46. The number of primary amides is 1. The first kappa shape index (κ1) is 29.4. The number of ether oxygens (including phenoxy) is 1. The third kappa shape index (κ3) is 5.10. The Morgan fingerprint density at radius 1 is 1.14 bits per heavy atom. The summed E-state index contributed by atoms with van der Waals surface area (Å²) in [4.78, 5) is 40.1. The van der Waals surface area contributed by atoms with E-state index < -0.39 is 52.6 Å². The number of hydrogen-bond acceptors (Lipinski definition) is 5. The number of hydrogen-bond donors (Lipinski definition) is 2. The Hall–Kier alpha value is -4.65. The van der Waals surface area contributed by atoms with Crippen molar-refractivity contribution in [2.75, 3.05) is 18.4 Å². The summed E-state index contributed by atoms with van der Waals surface area (Å²) in [6.07, 6.45) is -5.34. The molecule has 2 atom stereocenters. The van der Waals surface area contributed by atoms with Crippen LogP contribution in [-0.4, -0.2) is 45.7 Å². The minimum absolute atomic E-state index is 0.00964. The molecular formula is C30H24ClF4N5O4. The second-order valence-electron chi connectivity index (χ2n) is 10.7. The maximum absolute atomic E-state index is 15.4. The number of anilines is 1. The quantitative estimate of drug-likeness (QED) is 0.270. The Labute approximate surface area is 252 Å². The molecule has 1 fully saturated rings. The van der Waals surface area contributed by atoms with E-state index in [9.17, 15) is 27.6 Å². The topological polar surface area (TPSA) is 120 Å². The lowest BCUT2D eigenvalue weighted by Gasteiger charge is -2.45. The van der Waals surface area contributed by atoms with Crippen LogP contribution in [0.4, 0.5) is 28.0 Å². The number of nitrogens with zero attached hydrogens (tertiary/aromatic N) is 3. The minimum Gasteiger partial charge on any atom is -0.436 e. The molecule has 0 aliphatic carbocycles. The molecule has 1 aromatic heterocycles. The molecule has 6 rings (SSSR count). The van der Waals surface area contributed by atoms with Crippen LogP contribution in [0.5, 0.6) is 0 Å². The van der Waals surface area contributed by atoms with Gasteiger partial charge in [-0.2, -0.15) is 18.3 Å². The first-order valence-electron chi connectivity index (χ1n) is 13.6. The largest absolute Gasteiger partial charge is 0.436 e. The molecule has 4 aromatic rings. The number of nitrogens with two attached hydrogens (primary N) is 1. The van der Waals surface area contributed by atoms with Crippen molar-refractivity contribution in [1.82, 2.24) is 14.7 Å². The van der Waals surface area contributed by atoms with Crippen LogP contribution >= 0.6 is 11.6 Å². The number of fused-ring (bicyclic) bond motifs is 3. The number of carbonyl (C=O) groups is 3. The van der Waals surface area contributed by atoms with E-state index in [1.165, 1.54) is 29.2 Å². The molecule has 3 N–H and O–H groups in total. The van der Waals surface area contributed by atoms with Gasteiger partial charge in [0, 0.05) is 23.9 Å². The summed E-state index contributed by atoms with van der Waals surface area (Å²) in [6, 6.07) is 13.6. The summed E-state index contributed by atoms with van der Waals surface area (Å²) in [6.45, 7) is -0.114. The van der Waals surface area contributed by atoms with Gasteiger partial charge in [0.1, 0.15) is 6.04 Å². The van der Waals surface area contributed by atoms with E-state index >= 15 is 4.39 Å². The van der Waals surface area contributed by atoms with Gasteiger partial charge >= 0.3 is 12.3 Å². The Kier molecular flexibility index (Phi) is 7.23. The lowest BCUT2D eigenvalue weighted by Crippen LogP contribution is -2.55. The highest BCUT2D eigenvalue weighted by Crippen LogP contribution is 2.46. The molecule has 9 nitrogen and oxygen atoms in total. The van der Waals surface area contributed by atoms with Gasteiger partial charge in [-0.1, -0.05) is 41.9 Å². The number of aromatic nitrogens is 2. The highest BCUT2D eigenvalue weighted by molar-refractivity contribution is 6.31. The van der Waals surface area contributed by atoms with Gasteiger partial charge < -0.3 is 15.4 Å². The molecule has 228 valence electrons. The van der Waals surface area contributed by atoms with Crippen LogP contribution in [0, 0.1) is 5.82 Å². The average molecular weight is 630 g/mol. The summed E-state index contributed by atoms with van der Waals surface area (Å²) in [7, 11) is 0. The van der Waals surface area contributed by atoms with Crippen molar-refractivity contribution in [2.45, 2.75) is 37.1 Å². The molecular weight excluding hydrogens is 606 g/mol. The highest BCUT2D eigenvalue weighted by atomic mass is 35.5. The summed E-state index contributed by atoms with van der Waals surface area (Å²) < 4.78 is 64.7. The first-order valence-corrected chi connectivity index (χ1v) is 14.0. The smallest absolute Gasteiger partial charge is 0.435 e. The van der Waals surface area contributed by atoms with Crippen LogP contribution in [0.25, 0.3) is 10.9 Å². The zero-order chi connectivity index (χ0) is 31.4. The van der Waals surface area contributed by atoms with Crippen molar-refractivity contribution in [3.8, 4) is 0 Å². The van der Waals surface area contributed by atoms with Crippen molar-refractivity contribution in [1.29, 1.82) is 0 Å². The molecule has 3 heterocycles. The van der Waals surface area contributed by atoms with Crippen molar-refractivity contribution in [2.24, 2.45) is 5.73 Å². The molecule has 0 radical (unpaired) electrons. The monoisotopic (exact) mass is 629 g/mol. The van der Waals surface area contributed by atoms with Crippen LogP contribution in [0.2, 0.25) is 5.02 Å². The fourth-order valence-corrected chi connectivity index (χ4v) is 6.19. The number of amides is 3. The summed E-state index contributed by atoms with van der Waals surface area (Å²) in [5.41, 5.74) is 3.04. The van der Waals surface area contributed by atoms with Crippen LogP contribution in [-0.2, 0) is 27.7 Å². The lowest BCUT2D eigenvalue weighted by atomic mass is 9.82. The van der Waals surface area contributed by atoms with E-state index in [0.717, 1.165) is 10.7 Å². The van der Waals surface area contributed by atoms with Crippen LogP contribution in [0.15, 0.2) is 60.7 Å². The second-order valence-corrected chi connectivity index (χ2v) is 11.2. The minimum atomic E-state index is -4.92. The predicted octanol–water partition coefficient (Wildman–Crippen LogP) is 5.81. The van der Waals surface area contributed by atoms with E-state index in [4.69, 9.17) is 22.1 Å². The number of likely N-dealkylation sites (tertiary alicyclic amines) is 1. The third-order valence-electron chi connectivity index (χ3n) is 7.95. The maximum Gasteiger partial charge on any atom is 0.435 e. The van der Waals surface area contributed by atoms with Gasteiger partial charge in [0.15, 0.2) is 17.1 Å². The van der Waals surface area contributed by atoms with E-state index in [1.54, 1.807) is 30.3 Å². The highest BCUT2D eigenvalue weighted by Gasteiger charge is 2.49. The number of rotatable bonds is 5. The zero-order valence-corrected chi connectivity index (χ0v) is 23.6. The predicted molar refractivity (Wildman–Crippen MR) is 151 cm³/mol. The summed E-state index contributed by atoms with van der Waals surface area (Å²) >= 11 is 6.07. The number of nitrogens with one attached hydrogen (secondary N) is 1. The van der Waals surface area contributed by atoms with Crippen molar-refractivity contribution >= 4 is 46.1 Å². The molecule has 3 amide bonds. The molecule has 2 aliphatic rings. The zero-order valence-electron chi connectivity index (χ0n) is 22.8. The number of carbonyl (C=O) groups excluding carboxylic acids is 3. The van der Waals surface area contributed by atoms with Crippen molar-refractivity contribution in [3.05, 3.63) is 93.9 Å². The van der Waals surface area contributed by atoms with Gasteiger partial charge in [0.2, 0.25) is 11.8 Å². The van der Waals surface area contributed by atoms with Crippen molar-refractivity contribution < 1.29 is 36.7 Å². The number of piperidine rings is 1. The van der Waals surface area contributed by atoms with E-state index in [1.807, 2.05) is 0 Å². The molecule has 0 saturated carbocycles. The van der Waals surface area contributed by atoms with Crippen LogP contribution < -0.4 is 11.1 Å². The Morgan fingerprint density at radius 2 is 1.89 bits per heavy atom. The van der Waals surface area contributed by atoms with Gasteiger partial charge in [-0.25, -0.2) is 9.18 Å². The van der Waals surface area contributed by atoms with Crippen LogP contribution in [0.3, 0.4) is 0 Å². The van der Waals surface area contributed by atoms with E-state index in [-0.39, 0.29) is 59.7 Å². The number of halogens is 5. The number of alkyl halides is 3. The Morgan fingerprint density at radius 3 is 2.59 bits per heavy atom. The summed E-state index contributed by atoms with van der Waals surface area (Å²) in [5, 5.41) is 5.73.